The molecule has 2 aromatic rings. The molecule has 0 saturated carbocycles. The Labute approximate surface area is 73.2 Å². The van der Waals surface area contributed by atoms with Crippen LogP contribution in [0.25, 0.3) is 11.3 Å². The molecule has 5 heteroatoms. The monoisotopic (exact) mass is 179 g/mol. The molecule has 1 aromatic carbocycles. The van der Waals surface area contributed by atoms with Crippen molar-refractivity contribution in [1.82, 2.24) is 15.2 Å². The SMILES string of the molecule is On1nncc1-c1ccc(F)cc1. The quantitative estimate of drug-likeness (QED) is 0.671. The first-order chi connectivity index (χ1) is 6.27. The lowest BCUT2D eigenvalue weighted by molar-refractivity contribution is 0.147. The van der Waals surface area contributed by atoms with Crippen LogP contribution in [0.1, 0.15) is 0 Å². The van der Waals surface area contributed by atoms with E-state index in [0.717, 1.165) is 0 Å². The summed E-state index contributed by atoms with van der Waals surface area (Å²) in [5, 5.41) is 16.0. The molecule has 0 fully saturated rings. The summed E-state index contributed by atoms with van der Waals surface area (Å²) in [6.45, 7) is 0. The van der Waals surface area contributed by atoms with Crippen molar-refractivity contribution in [3.63, 3.8) is 0 Å². The molecule has 1 aromatic heterocycles. The fourth-order valence-corrected chi connectivity index (χ4v) is 1.04. The summed E-state index contributed by atoms with van der Waals surface area (Å²) in [5.41, 5.74) is 1.09. The van der Waals surface area contributed by atoms with Crippen LogP contribution in [0.4, 0.5) is 4.39 Å². The van der Waals surface area contributed by atoms with E-state index in [-0.39, 0.29) is 5.82 Å². The van der Waals surface area contributed by atoms with Crippen molar-refractivity contribution in [1.29, 1.82) is 0 Å². The van der Waals surface area contributed by atoms with Gasteiger partial charge in [0.25, 0.3) is 0 Å². The van der Waals surface area contributed by atoms with Crippen molar-refractivity contribution in [3.05, 3.63) is 36.3 Å². The third-order valence-electron chi connectivity index (χ3n) is 1.67. The van der Waals surface area contributed by atoms with Gasteiger partial charge in [0.15, 0.2) is 0 Å². The summed E-state index contributed by atoms with van der Waals surface area (Å²) in [4.78, 5) is 0.646. The van der Waals surface area contributed by atoms with E-state index < -0.39 is 0 Å². The third-order valence-corrected chi connectivity index (χ3v) is 1.67. The average Bonchev–Trinajstić information content (AvgIpc) is 2.53. The summed E-state index contributed by atoms with van der Waals surface area (Å²) in [6.07, 6.45) is 1.40. The van der Waals surface area contributed by atoms with Gasteiger partial charge in [0.1, 0.15) is 11.5 Å². The van der Waals surface area contributed by atoms with Crippen molar-refractivity contribution in [2.24, 2.45) is 0 Å². The van der Waals surface area contributed by atoms with Crippen molar-refractivity contribution < 1.29 is 9.60 Å². The van der Waals surface area contributed by atoms with Gasteiger partial charge in [-0.15, -0.1) is 5.10 Å². The Morgan fingerprint density at radius 3 is 2.46 bits per heavy atom. The van der Waals surface area contributed by atoms with Crippen LogP contribution in [-0.4, -0.2) is 20.4 Å². The molecule has 1 heterocycles. The first-order valence-corrected chi connectivity index (χ1v) is 3.63. The fourth-order valence-electron chi connectivity index (χ4n) is 1.04. The Balaban J connectivity index is 2.47. The van der Waals surface area contributed by atoms with Gasteiger partial charge < -0.3 is 5.21 Å². The van der Waals surface area contributed by atoms with E-state index >= 15 is 0 Å². The van der Waals surface area contributed by atoms with Gasteiger partial charge in [-0.3, -0.25) is 0 Å². The molecule has 1 N–H and O–H groups in total. The van der Waals surface area contributed by atoms with E-state index in [1.165, 1.54) is 18.3 Å². The molecule has 0 amide bonds. The molecule has 0 atom stereocenters. The largest absolute Gasteiger partial charge is 0.410 e. The molecular weight excluding hydrogens is 173 g/mol. The summed E-state index contributed by atoms with van der Waals surface area (Å²) >= 11 is 0. The second-order valence-corrected chi connectivity index (χ2v) is 2.52. The van der Waals surface area contributed by atoms with Crippen molar-refractivity contribution in [2.75, 3.05) is 0 Å². The zero-order valence-corrected chi connectivity index (χ0v) is 6.55. The van der Waals surface area contributed by atoms with Crippen LogP contribution >= 0.6 is 0 Å². The van der Waals surface area contributed by atoms with Crippen LogP contribution < -0.4 is 0 Å². The van der Waals surface area contributed by atoms with E-state index in [9.17, 15) is 4.39 Å². The lowest BCUT2D eigenvalue weighted by Crippen LogP contribution is -1.95. The van der Waals surface area contributed by atoms with Crippen LogP contribution in [-0.2, 0) is 0 Å². The average molecular weight is 179 g/mol. The molecule has 4 nitrogen and oxygen atoms in total. The molecule has 0 radical (unpaired) electrons. The van der Waals surface area contributed by atoms with Crippen molar-refractivity contribution in [2.45, 2.75) is 0 Å². The predicted octanol–water partition coefficient (Wildman–Crippen LogP) is 1.32. The molecule has 0 aliphatic carbocycles. The van der Waals surface area contributed by atoms with E-state index in [1.807, 2.05) is 0 Å². The summed E-state index contributed by atoms with van der Waals surface area (Å²) in [6, 6.07) is 5.70. The minimum atomic E-state index is -0.319. The van der Waals surface area contributed by atoms with E-state index in [0.29, 0.717) is 16.1 Å². The molecule has 0 bridgehead atoms. The fraction of sp³-hybridized carbons (Fsp3) is 0. The van der Waals surface area contributed by atoms with E-state index in [4.69, 9.17) is 5.21 Å². The Morgan fingerprint density at radius 2 is 1.92 bits per heavy atom. The van der Waals surface area contributed by atoms with Gasteiger partial charge in [-0.1, -0.05) is 4.85 Å². The van der Waals surface area contributed by atoms with Gasteiger partial charge in [-0.2, -0.15) is 0 Å². The highest BCUT2D eigenvalue weighted by Crippen LogP contribution is 2.16. The van der Waals surface area contributed by atoms with Gasteiger partial charge >= 0.3 is 0 Å². The van der Waals surface area contributed by atoms with Crippen LogP contribution in [0.5, 0.6) is 0 Å². The summed E-state index contributed by atoms with van der Waals surface area (Å²) in [5.74, 6) is -0.319. The molecule has 0 unspecified atom stereocenters. The molecule has 66 valence electrons. The highest BCUT2D eigenvalue weighted by atomic mass is 19.1. The molecule has 0 aliphatic rings. The molecule has 0 saturated heterocycles. The minimum Gasteiger partial charge on any atom is -0.410 e. The lowest BCUT2D eigenvalue weighted by atomic mass is 10.2. The number of rotatable bonds is 1. The molecular formula is C8H6FN3O. The smallest absolute Gasteiger partial charge is 0.130 e. The molecule has 0 aliphatic heterocycles. The number of nitrogens with zero attached hydrogens (tertiary/aromatic N) is 3. The molecule has 2 rings (SSSR count). The normalized spacial score (nSPS) is 10.2. The predicted molar refractivity (Wildman–Crippen MR) is 42.6 cm³/mol. The van der Waals surface area contributed by atoms with Gasteiger partial charge in [0.2, 0.25) is 0 Å². The maximum absolute atomic E-state index is 12.5. The number of halogens is 1. The lowest BCUT2D eigenvalue weighted by Gasteiger charge is -1.97. The number of benzene rings is 1. The third kappa shape index (κ3) is 1.35. The second-order valence-electron chi connectivity index (χ2n) is 2.52. The Kier molecular flexibility index (Phi) is 1.70. The summed E-state index contributed by atoms with van der Waals surface area (Å²) in [7, 11) is 0. The topological polar surface area (TPSA) is 50.9 Å². The second kappa shape index (κ2) is 2.85. The molecule has 0 spiro atoms. The van der Waals surface area contributed by atoms with Gasteiger partial charge in [-0.25, -0.2) is 4.39 Å². The number of aromatic nitrogens is 3. The zero-order chi connectivity index (χ0) is 9.26. The van der Waals surface area contributed by atoms with Crippen LogP contribution in [0.2, 0.25) is 0 Å². The number of hydrogen-bond acceptors (Lipinski definition) is 3. The maximum atomic E-state index is 12.5. The Hall–Kier alpha value is -1.91. The van der Waals surface area contributed by atoms with Crippen LogP contribution in [0.15, 0.2) is 30.5 Å². The van der Waals surface area contributed by atoms with Crippen molar-refractivity contribution in [3.8, 4) is 11.3 Å². The van der Waals surface area contributed by atoms with E-state index in [2.05, 4.69) is 10.3 Å². The van der Waals surface area contributed by atoms with E-state index in [1.54, 1.807) is 12.1 Å². The first-order valence-electron chi connectivity index (χ1n) is 3.63. The summed E-state index contributed by atoms with van der Waals surface area (Å²) < 4.78 is 12.5. The number of hydrogen-bond donors (Lipinski definition) is 1. The van der Waals surface area contributed by atoms with Crippen molar-refractivity contribution >= 4 is 0 Å². The van der Waals surface area contributed by atoms with Gasteiger partial charge in [0, 0.05) is 5.56 Å². The standard InChI is InChI=1S/C8H6FN3O/c9-7-3-1-6(2-4-7)8-5-10-11-12(8)13/h1-5,13H. The minimum absolute atomic E-state index is 0.319. The Bertz CT molecular complexity index is 410. The highest BCUT2D eigenvalue weighted by Gasteiger charge is 2.04. The molecule has 13 heavy (non-hydrogen) atoms. The Morgan fingerprint density at radius 1 is 1.23 bits per heavy atom. The maximum Gasteiger partial charge on any atom is 0.130 e. The van der Waals surface area contributed by atoms with Crippen LogP contribution in [0.3, 0.4) is 0 Å². The first kappa shape index (κ1) is 7.72. The zero-order valence-electron chi connectivity index (χ0n) is 6.55. The van der Waals surface area contributed by atoms with Crippen LogP contribution in [0, 0.1) is 5.82 Å². The van der Waals surface area contributed by atoms with Gasteiger partial charge in [0.05, 0.1) is 6.20 Å². The van der Waals surface area contributed by atoms with Gasteiger partial charge in [-0.05, 0) is 29.5 Å². The highest BCUT2D eigenvalue weighted by molar-refractivity contribution is 5.57.